The second kappa shape index (κ2) is 6.42. The van der Waals surface area contributed by atoms with E-state index < -0.39 is 12.7 Å². The summed E-state index contributed by atoms with van der Waals surface area (Å²) in [4.78, 5) is 13.4. The van der Waals surface area contributed by atoms with Gasteiger partial charge in [0.05, 0.1) is 13.1 Å². The smallest absolute Gasteiger partial charge is 0.337 e. The molecule has 1 N–H and O–H groups in total. The van der Waals surface area contributed by atoms with Gasteiger partial charge in [-0.15, -0.1) is 0 Å². The van der Waals surface area contributed by atoms with Gasteiger partial charge in [0, 0.05) is 23.1 Å². The van der Waals surface area contributed by atoms with Crippen LogP contribution in [0.25, 0.3) is 0 Å². The zero-order chi connectivity index (χ0) is 15.6. The maximum absolute atomic E-state index is 12.0. The lowest BCUT2D eigenvalue weighted by Crippen LogP contribution is -2.43. The molecule has 1 heterocycles. The Labute approximate surface area is 130 Å². The summed E-state index contributed by atoms with van der Waals surface area (Å²) in [6.45, 7) is -0.798. The van der Waals surface area contributed by atoms with Crippen molar-refractivity contribution in [2.45, 2.75) is 19.1 Å². The van der Waals surface area contributed by atoms with Gasteiger partial charge in [0.25, 0.3) is 0 Å². The van der Waals surface area contributed by atoms with Gasteiger partial charge in [-0.1, -0.05) is 23.2 Å². The summed E-state index contributed by atoms with van der Waals surface area (Å²) in [7, 11) is 0. The minimum atomic E-state index is -4.32. The molecular formula is C13H13Cl2F3N2O. The SMILES string of the molecule is O=C(CNCC(F)(F)F)N1CCc2cc(Cl)cc(Cl)c2C1. The molecule has 2 rings (SSSR count). The molecule has 0 saturated heterocycles. The van der Waals surface area contributed by atoms with Gasteiger partial charge in [-0.05, 0) is 29.7 Å². The maximum Gasteiger partial charge on any atom is 0.401 e. The molecule has 0 fully saturated rings. The number of hydrogen-bond donors (Lipinski definition) is 1. The van der Waals surface area contributed by atoms with E-state index in [-0.39, 0.29) is 19.0 Å². The molecule has 0 unspecified atom stereocenters. The Morgan fingerprint density at radius 1 is 1.33 bits per heavy atom. The first-order valence-electron chi connectivity index (χ1n) is 6.28. The van der Waals surface area contributed by atoms with Crippen LogP contribution in [0.1, 0.15) is 11.1 Å². The number of amides is 1. The average molecular weight is 341 g/mol. The van der Waals surface area contributed by atoms with Crippen molar-refractivity contribution in [3.05, 3.63) is 33.3 Å². The highest BCUT2D eigenvalue weighted by atomic mass is 35.5. The summed E-state index contributed by atoms with van der Waals surface area (Å²) in [5.74, 6) is -0.379. The first kappa shape index (κ1) is 16.4. The van der Waals surface area contributed by atoms with Crippen LogP contribution in [0.15, 0.2) is 12.1 Å². The molecule has 0 spiro atoms. The first-order valence-corrected chi connectivity index (χ1v) is 7.04. The van der Waals surface area contributed by atoms with Crippen LogP contribution in [0.2, 0.25) is 10.0 Å². The third-order valence-electron chi connectivity index (χ3n) is 3.21. The summed E-state index contributed by atoms with van der Waals surface area (Å²) < 4.78 is 36.1. The van der Waals surface area contributed by atoms with E-state index in [1.54, 1.807) is 12.1 Å². The predicted molar refractivity (Wildman–Crippen MR) is 74.5 cm³/mol. The molecule has 0 radical (unpaired) electrons. The van der Waals surface area contributed by atoms with Crippen molar-refractivity contribution in [3.8, 4) is 0 Å². The summed E-state index contributed by atoms with van der Waals surface area (Å²) in [6, 6.07) is 3.39. The lowest BCUT2D eigenvalue weighted by Gasteiger charge is -2.30. The molecule has 0 aliphatic carbocycles. The normalized spacial score (nSPS) is 15.0. The fourth-order valence-corrected chi connectivity index (χ4v) is 2.81. The van der Waals surface area contributed by atoms with E-state index in [1.165, 1.54) is 4.90 Å². The highest BCUT2D eigenvalue weighted by Gasteiger charge is 2.28. The number of alkyl halides is 3. The minimum Gasteiger partial charge on any atom is -0.337 e. The molecule has 0 bridgehead atoms. The number of fused-ring (bicyclic) bond motifs is 1. The highest BCUT2D eigenvalue weighted by molar-refractivity contribution is 6.35. The molecule has 1 aliphatic heterocycles. The Morgan fingerprint density at radius 3 is 2.71 bits per heavy atom. The van der Waals surface area contributed by atoms with Crippen molar-refractivity contribution in [3.63, 3.8) is 0 Å². The molecule has 0 saturated carbocycles. The van der Waals surface area contributed by atoms with Crippen molar-refractivity contribution in [2.24, 2.45) is 0 Å². The van der Waals surface area contributed by atoms with Crippen molar-refractivity contribution in [2.75, 3.05) is 19.6 Å². The number of nitrogens with one attached hydrogen (secondary N) is 1. The Morgan fingerprint density at radius 2 is 2.05 bits per heavy atom. The molecule has 1 aliphatic rings. The quantitative estimate of drug-likeness (QED) is 0.917. The molecule has 116 valence electrons. The van der Waals surface area contributed by atoms with Crippen LogP contribution in [0.3, 0.4) is 0 Å². The zero-order valence-electron chi connectivity index (χ0n) is 10.9. The second-order valence-electron chi connectivity index (χ2n) is 4.81. The van der Waals surface area contributed by atoms with Crippen LogP contribution in [-0.4, -0.2) is 36.6 Å². The van der Waals surface area contributed by atoms with Gasteiger partial charge in [0.2, 0.25) is 5.91 Å². The van der Waals surface area contributed by atoms with Gasteiger partial charge in [0.1, 0.15) is 0 Å². The monoisotopic (exact) mass is 340 g/mol. The Bertz CT molecular complexity index is 549. The van der Waals surface area contributed by atoms with E-state index in [2.05, 4.69) is 5.32 Å². The number of carbonyl (C=O) groups excluding carboxylic acids is 1. The summed E-state index contributed by atoms with van der Waals surface area (Å²) in [5, 5.41) is 3.10. The molecular weight excluding hydrogens is 328 g/mol. The molecule has 21 heavy (non-hydrogen) atoms. The van der Waals surface area contributed by atoms with E-state index in [0.29, 0.717) is 23.0 Å². The van der Waals surface area contributed by atoms with Gasteiger partial charge in [-0.3, -0.25) is 4.79 Å². The van der Waals surface area contributed by atoms with Gasteiger partial charge in [-0.2, -0.15) is 13.2 Å². The van der Waals surface area contributed by atoms with Crippen molar-refractivity contribution < 1.29 is 18.0 Å². The Kier molecular flexibility index (Phi) is 5.01. The van der Waals surface area contributed by atoms with Crippen LogP contribution < -0.4 is 5.32 Å². The van der Waals surface area contributed by atoms with Gasteiger partial charge < -0.3 is 10.2 Å². The van der Waals surface area contributed by atoms with Crippen LogP contribution in [0.4, 0.5) is 13.2 Å². The largest absolute Gasteiger partial charge is 0.401 e. The average Bonchev–Trinajstić information content (AvgIpc) is 2.36. The highest BCUT2D eigenvalue weighted by Crippen LogP contribution is 2.29. The summed E-state index contributed by atoms with van der Waals surface area (Å²) in [5.41, 5.74) is 1.77. The number of rotatable bonds is 3. The van der Waals surface area contributed by atoms with Crippen molar-refractivity contribution in [1.29, 1.82) is 0 Å². The molecule has 1 amide bonds. The van der Waals surface area contributed by atoms with Crippen LogP contribution >= 0.6 is 23.2 Å². The Hall–Kier alpha value is -0.980. The molecule has 0 atom stereocenters. The fraction of sp³-hybridized carbons (Fsp3) is 0.462. The van der Waals surface area contributed by atoms with Crippen LogP contribution in [0, 0.1) is 0 Å². The summed E-state index contributed by atoms with van der Waals surface area (Å²) in [6.07, 6.45) is -3.74. The van der Waals surface area contributed by atoms with Gasteiger partial charge in [0.15, 0.2) is 0 Å². The van der Waals surface area contributed by atoms with E-state index in [0.717, 1.165) is 11.1 Å². The lowest BCUT2D eigenvalue weighted by molar-refractivity contribution is -0.134. The number of benzene rings is 1. The standard InChI is InChI=1S/C13H13Cl2F3N2O/c14-9-3-8-1-2-20(6-10(8)11(15)4-9)12(21)5-19-7-13(16,17)18/h3-4,19H,1-2,5-7H2. The summed E-state index contributed by atoms with van der Waals surface area (Å²) >= 11 is 12.0. The van der Waals surface area contributed by atoms with E-state index in [4.69, 9.17) is 23.2 Å². The number of halogens is 5. The third-order valence-corrected chi connectivity index (χ3v) is 3.76. The Balaban J connectivity index is 1.96. The van der Waals surface area contributed by atoms with Crippen molar-refractivity contribution in [1.82, 2.24) is 10.2 Å². The maximum atomic E-state index is 12.0. The molecule has 1 aromatic rings. The molecule has 0 aromatic heterocycles. The fourth-order valence-electron chi connectivity index (χ4n) is 2.22. The lowest BCUT2D eigenvalue weighted by atomic mass is 9.99. The molecule has 8 heteroatoms. The minimum absolute atomic E-state index is 0.290. The topological polar surface area (TPSA) is 32.3 Å². The molecule has 3 nitrogen and oxygen atoms in total. The van der Waals surface area contributed by atoms with Crippen LogP contribution in [0.5, 0.6) is 0 Å². The number of carbonyl (C=O) groups is 1. The van der Waals surface area contributed by atoms with E-state index >= 15 is 0 Å². The van der Waals surface area contributed by atoms with Gasteiger partial charge >= 0.3 is 6.18 Å². The number of hydrogen-bond acceptors (Lipinski definition) is 2. The number of nitrogens with zero attached hydrogens (tertiary/aromatic N) is 1. The van der Waals surface area contributed by atoms with Crippen LogP contribution in [-0.2, 0) is 17.8 Å². The second-order valence-corrected chi connectivity index (χ2v) is 5.65. The van der Waals surface area contributed by atoms with Gasteiger partial charge in [-0.25, -0.2) is 0 Å². The third kappa shape index (κ3) is 4.49. The predicted octanol–water partition coefficient (Wildman–Crippen LogP) is 3.03. The zero-order valence-corrected chi connectivity index (χ0v) is 12.4. The molecule has 1 aromatic carbocycles. The van der Waals surface area contributed by atoms with E-state index in [9.17, 15) is 18.0 Å². The van der Waals surface area contributed by atoms with Crippen molar-refractivity contribution >= 4 is 29.1 Å². The van der Waals surface area contributed by atoms with E-state index in [1.807, 2.05) is 0 Å². The first-order chi connectivity index (χ1) is 9.76.